The highest BCUT2D eigenvalue weighted by molar-refractivity contribution is 5.80. The minimum Gasteiger partial charge on any atom is -0.480 e. The van der Waals surface area contributed by atoms with Crippen molar-refractivity contribution in [3.8, 4) is 6.07 Å². The molecule has 1 aliphatic rings. The van der Waals surface area contributed by atoms with Crippen molar-refractivity contribution in [3.63, 3.8) is 0 Å². The average Bonchev–Trinajstić information content (AvgIpc) is 2.82. The van der Waals surface area contributed by atoms with Crippen molar-refractivity contribution in [1.82, 2.24) is 4.98 Å². The second kappa shape index (κ2) is 4.75. The molecule has 1 fully saturated rings. The SMILES string of the molecule is N#Cc1cc([N+](=O)[O-])cnc1N1CCC(N)(C(=O)O)C1. The van der Waals surface area contributed by atoms with E-state index in [0.717, 1.165) is 12.3 Å². The van der Waals surface area contributed by atoms with E-state index in [9.17, 15) is 14.9 Å². The van der Waals surface area contributed by atoms with Gasteiger partial charge >= 0.3 is 5.97 Å². The summed E-state index contributed by atoms with van der Waals surface area (Å²) in [5.74, 6) is -0.910. The van der Waals surface area contributed by atoms with E-state index < -0.39 is 16.4 Å². The van der Waals surface area contributed by atoms with Gasteiger partial charge in [0, 0.05) is 19.2 Å². The Balaban J connectivity index is 2.34. The van der Waals surface area contributed by atoms with E-state index in [1.165, 1.54) is 0 Å². The summed E-state index contributed by atoms with van der Waals surface area (Å²) >= 11 is 0. The smallest absolute Gasteiger partial charge is 0.325 e. The van der Waals surface area contributed by atoms with E-state index in [1.807, 2.05) is 6.07 Å². The zero-order chi connectivity index (χ0) is 14.9. The van der Waals surface area contributed by atoms with Crippen LogP contribution in [0.4, 0.5) is 11.5 Å². The van der Waals surface area contributed by atoms with Crippen LogP contribution in [-0.2, 0) is 4.79 Å². The number of anilines is 1. The number of carbonyl (C=O) groups is 1. The van der Waals surface area contributed by atoms with Gasteiger partial charge in [0.05, 0.1) is 4.92 Å². The number of rotatable bonds is 3. The number of nitrogens with zero attached hydrogens (tertiary/aromatic N) is 4. The number of pyridine rings is 1. The van der Waals surface area contributed by atoms with Crippen molar-refractivity contribution in [3.05, 3.63) is 27.9 Å². The molecular formula is C11H11N5O4. The third-order valence-corrected chi connectivity index (χ3v) is 3.21. The van der Waals surface area contributed by atoms with Crippen LogP contribution < -0.4 is 10.6 Å². The molecular weight excluding hydrogens is 266 g/mol. The molecule has 0 amide bonds. The number of hydrogen-bond acceptors (Lipinski definition) is 7. The summed E-state index contributed by atoms with van der Waals surface area (Å²) in [5, 5.41) is 28.7. The minimum atomic E-state index is -1.39. The fraction of sp³-hybridized carbons (Fsp3) is 0.364. The van der Waals surface area contributed by atoms with Gasteiger partial charge in [-0.3, -0.25) is 14.9 Å². The number of nitro groups is 1. The van der Waals surface area contributed by atoms with Gasteiger partial charge < -0.3 is 15.7 Å². The first-order valence-electron chi connectivity index (χ1n) is 5.69. The molecule has 0 radical (unpaired) electrons. The summed E-state index contributed by atoms with van der Waals surface area (Å²) in [6.07, 6.45) is 1.25. The normalized spacial score (nSPS) is 21.5. The number of aliphatic carboxylic acids is 1. The number of hydrogen-bond donors (Lipinski definition) is 2. The Morgan fingerprint density at radius 3 is 2.90 bits per heavy atom. The second-order valence-corrected chi connectivity index (χ2v) is 4.57. The van der Waals surface area contributed by atoms with Crippen LogP contribution in [-0.4, -0.2) is 39.6 Å². The van der Waals surface area contributed by atoms with Crippen molar-refractivity contribution in [2.24, 2.45) is 5.73 Å². The number of carboxylic acids is 1. The molecule has 9 heteroatoms. The fourth-order valence-electron chi connectivity index (χ4n) is 2.07. The van der Waals surface area contributed by atoms with Gasteiger partial charge in [0.25, 0.3) is 5.69 Å². The molecule has 1 aliphatic heterocycles. The molecule has 1 unspecified atom stereocenters. The van der Waals surface area contributed by atoms with Crippen LogP contribution >= 0.6 is 0 Å². The van der Waals surface area contributed by atoms with Crippen molar-refractivity contribution in [2.45, 2.75) is 12.0 Å². The zero-order valence-corrected chi connectivity index (χ0v) is 10.3. The van der Waals surface area contributed by atoms with E-state index >= 15 is 0 Å². The predicted molar refractivity (Wildman–Crippen MR) is 67.0 cm³/mol. The first-order valence-corrected chi connectivity index (χ1v) is 5.69. The Morgan fingerprint density at radius 1 is 1.70 bits per heavy atom. The average molecular weight is 277 g/mol. The standard InChI is InChI=1S/C11H11N5O4/c12-4-7-3-8(16(19)20)5-14-9(7)15-2-1-11(13,6-15)10(17)18/h3,5H,1-2,6,13H2,(H,17,18). The van der Waals surface area contributed by atoms with E-state index in [4.69, 9.17) is 16.1 Å². The Bertz CT molecular complexity index is 626. The molecule has 1 saturated heterocycles. The molecule has 2 heterocycles. The van der Waals surface area contributed by atoms with Crippen LogP contribution in [0, 0.1) is 21.4 Å². The van der Waals surface area contributed by atoms with Crippen molar-refractivity contribution in [2.75, 3.05) is 18.0 Å². The highest BCUT2D eigenvalue weighted by Gasteiger charge is 2.42. The molecule has 0 aromatic carbocycles. The molecule has 0 saturated carbocycles. The van der Waals surface area contributed by atoms with Crippen LogP contribution in [0.2, 0.25) is 0 Å². The number of nitriles is 1. The molecule has 20 heavy (non-hydrogen) atoms. The molecule has 2 rings (SSSR count). The van der Waals surface area contributed by atoms with E-state index in [2.05, 4.69) is 4.98 Å². The van der Waals surface area contributed by atoms with E-state index in [0.29, 0.717) is 6.54 Å². The predicted octanol–water partition coefficient (Wildman–Crippen LogP) is -0.146. The Kier molecular flexibility index (Phi) is 3.25. The Labute approximate surface area is 113 Å². The zero-order valence-electron chi connectivity index (χ0n) is 10.3. The lowest BCUT2D eigenvalue weighted by molar-refractivity contribution is -0.385. The lowest BCUT2D eigenvalue weighted by Gasteiger charge is -2.21. The molecule has 0 aliphatic carbocycles. The van der Waals surface area contributed by atoms with Crippen LogP contribution in [0.25, 0.3) is 0 Å². The van der Waals surface area contributed by atoms with Gasteiger partial charge in [0.15, 0.2) is 0 Å². The first-order chi connectivity index (χ1) is 9.37. The van der Waals surface area contributed by atoms with Crippen molar-refractivity contribution in [1.29, 1.82) is 5.26 Å². The fourth-order valence-corrected chi connectivity index (χ4v) is 2.07. The van der Waals surface area contributed by atoms with Crippen LogP contribution in [0.3, 0.4) is 0 Å². The Hall–Kier alpha value is -2.73. The maximum atomic E-state index is 11.1. The largest absolute Gasteiger partial charge is 0.480 e. The van der Waals surface area contributed by atoms with Gasteiger partial charge in [-0.25, -0.2) is 4.98 Å². The highest BCUT2D eigenvalue weighted by atomic mass is 16.6. The van der Waals surface area contributed by atoms with Crippen molar-refractivity contribution >= 4 is 17.5 Å². The Morgan fingerprint density at radius 2 is 2.40 bits per heavy atom. The third-order valence-electron chi connectivity index (χ3n) is 3.21. The summed E-state index contributed by atoms with van der Waals surface area (Å²) in [5.41, 5.74) is 4.08. The number of aromatic nitrogens is 1. The summed E-state index contributed by atoms with van der Waals surface area (Å²) in [6.45, 7) is 0.324. The number of carboxylic acid groups (broad SMARTS) is 1. The molecule has 1 aromatic rings. The maximum Gasteiger partial charge on any atom is 0.325 e. The minimum absolute atomic E-state index is 0.00181. The lowest BCUT2D eigenvalue weighted by atomic mass is 10.0. The quantitative estimate of drug-likeness (QED) is 0.572. The first kappa shape index (κ1) is 13.7. The van der Waals surface area contributed by atoms with Gasteiger partial charge in [0.1, 0.15) is 29.2 Å². The molecule has 104 valence electrons. The van der Waals surface area contributed by atoms with Gasteiger partial charge in [-0.1, -0.05) is 0 Å². The topological polar surface area (TPSA) is 146 Å². The van der Waals surface area contributed by atoms with Crippen molar-refractivity contribution < 1.29 is 14.8 Å². The molecule has 1 atom stereocenters. The molecule has 1 aromatic heterocycles. The van der Waals surface area contributed by atoms with Crippen LogP contribution in [0.1, 0.15) is 12.0 Å². The van der Waals surface area contributed by atoms with Crippen LogP contribution in [0.5, 0.6) is 0 Å². The van der Waals surface area contributed by atoms with Crippen LogP contribution in [0.15, 0.2) is 12.3 Å². The second-order valence-electron chi connectivity index (χ2n) is 4.57. The van der Waals surface area contributed by atoms with Gasteiger partial charge in [0.2, 0.25) is 0 Å². The summed E-state index contributed by atoms with van der Waals surface area (Å²) in [7, 11) is 0. The lowest BCUT2D eigenvalue weighted by Crippen LogP contribution is -2.50. The molecule has 3 N–H and O–H groups in total. The molecule has 0 bridgehead atoms. The molecule has 9 nitrogen and oxygen atoms in total. The number of nitrogens with two attached hydrogens (primary N) is 1. The van der Waals surface area contributed by atoms with E-state index in [-0.39, 0.29) is 30.0 Å². The monoisotopic (exact) mass is 277 g/mol. The molecule has 0 spiro atoms. The summed E-state index contributed by atoms with van der Waals surface area (Å²) < 4.78 is 0. The highest BCUT2D eigenvalue weighted by Crippen LogP contribution is 2.28. The summed E-state index contributed by atoms with van der Waals surface area (Å²) in [6, 6.07) is 2.94. The van der Waals surface area contributed by atoms with Gasteiger partial charge in [-0.05, 0) is 6.42 Å². The van der Waals surface area contributed by atoms with Gasteiger partial charge in [-0.15, -0.1) is 0 Å². The third kappa shape index (κ3) is 2.24. The van der Waals surface area contributed by atoms with E-state index in [1.54, 1.807) is 4.90 Å². The summed E-state index contributed by atoms with van der Waals surface area (Å²) in [4.78, 5) is 26.5. The van der Waals surface area contributed by atoms with Gasteiger partial charge in [-0.2, -0.15) is 5.26 Å². The maximum absolute atomic E-state index is 11.1.